The highest BCUT2D eigenvalue weighted by molar-refractivity contribution is 7.52. The van der Waals surface area contributed by atoms with Crippen molar-refractivity contribution in [1.29, 1.82) is 0 Å². The molecular formula is C10H13O4P. The highest BCUT2D eigenvalue weighted by Crippen LogP contribution is 2.54. The fourth-order valence-electron chi connectivity index (χ4n) is 1.10. The van der Waals surface area contributed by atoms with Gasteiger partial charge in [0, 0.05) is 0 Å². The van der Waals surface area contributed by atoms with Crippen LogP contribution in [0.25, 0.3) is 6.08 Å². The van der Waals surface area contributed by atoms with Gasteiger partial charge in [0.25, 0.3) is 0 Å². The normalized spacial score (nSPS) is 15.7. The van der Waals surface area contributed by atoms with Crippen molar-refractivity contribution in [2.45, 2.75) is 12.3 Å². The molecule has 4 nitrogen and oxygen atoms in total. The number of hydrogen-bond donors (Lipinski definition) is 3. The Hall–Kier alpha value is -0.930. The summed E-state index contributed by atoms with van der Waals surface area (Å²) in [5, 5.41) is 7.55. The molecule has 0 amide bonds. The van der Waals surface area contributed by atoms with Gasteiger partial charge < -0.3 is 14.9 Å². The molecule has 0 heterocycles. The topological polar surface area (TPSA) is 77.8 Å². The first kappa shape index (κ1) is 12.1. The molecular weight excluding hydrogens is 215 g/mol. The summed E-state index contributed by atoms with van der Waals surface area (Å²) in [7, 11) is -4.58. The zero-order valence-corrected chi connectivity index (χ0v) is 9.19. The monoisotopic (exact) mass is 228 g/mol. The second kappa shape index (κ2) is 3.91. The lowest BCUT2D eigenvalue weighted by molar-refractivity contribution is 0.108. The number of rotatable bonds is 3. The summed E-state index contributed by atoms with van der Waals surface area (Å²) in [5.74, 6) is 0. The molecule has 1 aromatic carbocycles. The van der Waals surface area contributed by atoms with Gasteiger partial charge in [-0.05, 0) is 18.1 Å². The van der Waals surface area contributed by atoms with Gasteiger partial charge in [0.2, 0.25) is 0 Å². The molecule has 1 unspecified atom stereocenters. The van der Waals surface area contributed by atoms with Gasteiger partial charge >= 0.3 is 7.60 Å². The van der Waals surface area contributed by atoms with E-state index in [9.17, 15) is 9.67 Å². The van der Waals surface area contributed by atoms with Crippen LogP contribution >= 0.6 is 7.60 Å². The van der Waals surface area contributed by atoms with Gasteiger partial charge in [-0.3, -0.25) is 4.57 Å². The fraction of sp³-hybridized carbons (Fsp3) is 0.200. The van der Waals surface area contributed by atoms with E-state index in [1.807, 2.05) is 0 Å². The second-order valence-electron chi connectivity index (χ2n) is 3.39. The smallest absolute Gasteiger partial charge is 0.361 e. The molecule has 3 N–H and O–H groups in total. The second-order valence-corrected chi connectivity index (χ2v) is 5.35. The van der Waals surface area contributed by atoms with Crippen molar-refractivity contribution < 1.29 is 19.5 Å². The molecule has 0 aliphatic carbocycles. The Morgan fingerprint density at radius 2 is 1.80 bits per heavy atom. The summed E-state index contributed by atoms with van der Waals surface area (Å²) in [6.45, 7) is 4.65. The van der Waals surface area contributed by atoms with Crippen LogP contribution in [0.15, 0.2) is 30.8 Å². The van der Waals surface area contributed by atoms with Crippen molar-refractivity contribution in [3.05, 3.63) is 42.0 Å². The Bertz CT molecular complexity index is 402. The van der Waals surface area contributed by atoms with Gasteiger partial charge in [-0.15, -0.1) is 0 Å². The van der Waals surface area contributed by atoms with E-state index in [4.69, 9.17) is 9.79 Å². The first-order valence-corrected chi connectivity index (χ1v) is 5.91. The molecule has 15 heavy (non-hydrogen) atoms. The maximum atomic E-state index is 11.0. The summed E-state index contributed by atoms with van der Waals surface area (Å²) < 4.78 is 11.0. The molecule has 0 fully saturated rings. The average molecular weight is 228 g/mol. The lowest BCUT2D eigenvalue weighted by atomic mass is 10.1. The van der Waals surface area contributed by atoms with Crippen LogP contribution in [0.2, 0.25) is 0 Å². The highest BCUT2D eigenvalue weighted by atomic mass is 31.2. The predicted molar refractivity (Wildman–Crippen MR) is 58.1 cm³/mol. The summed E-state index contributed by atoms with van der Waals surface area (Å²) in [6, 6.07) is 6.20. The van der Waals surface area contributed by atoms with E-state index in [1.54, 1.807) is 18.2 Å². The van der Waals surface area contributed by atoms with Crippen molar-refractivity contribution in [1.82, 2.24) is 0 Å². The molecule has 0 bridgehead atoms. The van der Waals surface area contributed by atoms with E-state index in [2.05, 4.69) is 6.58 Å². The van der Waals surface area contributed by atoms with Crippen LogP contribution in [0.1, 0.15) is 18.1 Å². The fourth-order valence-corrected chi connectivity index (χ4v) is 1.59. The van der Waals surface area contributed by atoms with E-state index in [0.717, 1.165) is 12.5 Å². The Morgan fingerprint density at radius 1 is 1.33 bits per heavy atom. The predicted octanol–water partition coefficient (Wildman–Crippen LogP) is 1.67. The zero-order chi connectivity index (χ0) is 11.7. The molecule has 0 saturated carbocycles. The zero-order valence-electron chi connectivity index (χ0n) is 8.29. The maximum Gasteiger partial charge on any atom is 0.361 e. The molecule has 0 spiro atoms. The largest absolute Gasteiger partial charge is 0.373 e. The third-order valence-corrected chi connectivity index (χ3v) is 3.65. The lowest BCUT2D eigenvalue weighted by Crippen LogP contribution is -2.20. The summed E-state index contributed by atoms with van der Waals surface area (Å²) in [4.78, 5) is 17.9. The number of hydrogen-bond acceptors (Lipinski definition) is 2. The van der Waals surface area contributed by atoms with Crippen LogP contribution in [0.3, 0.4) is 0 Å². The van der Waals surface area contributed by atoms with Gasteiger partial charge in [-0.1, -0.05) is 36.9 Å². The summed E-state index contributed by atoms with van der Waals surface area (Å²) >= 11 is 0. The maximum absolute atomic E-state index is 11.0. The van der Waals surface area contributed by atoms with Crippen molar-refractivity contribution >= 4 is 13.7 Å². The minimum absolute atomic E-state index is 0.182. The van der Waals surface area contributed by atoms with E-state index < -0.39 is 12.9 Å². The standard InChI is InChI=1S/C10H13O4P/c1-3-8-4-6-9(7-5-8)10(2,11)15(12,13)14/h3-7,11H,1H2,2H3,(H2,12,13,14). The minimum Gasteiger partial charge on any atom is -0.373 e. The third-order valence-electron chi connectivity index (χ3n) is 2.26. The van der Waals surface area contributed by atoms with E-state index in [-0.39, 0.29) is 5.56 Å². The third kappa shape index (κ3) is 2.36. The lowest BCUT2D eigenvalue weighted by Gasteiger charge is -2.24. The van der Waals surface area contributed by atoms with Gasteiger partial charge in [0.1, 0.15) is 0 Å². The molecule has 5 heteroatoms. The van der Waals surface area contributed by atoms with Crippen LogP contribution in [-0.2, 0) is 9.91 Å². The molecule has 0 aromatic heterocycles. The first-order valence-electron chi connectivity index (χ1n) is 4.30. The van der Waals surface area contributed by atoms with Crippen LogP contribution in [0, 0.1) is 0 Å². The molecule has 0 aliphatic heterocycles. The van der Waals surface area contributed by atoms with Crippen molar-refractivity contribution in [3.8, 4) is 0 Å². The van der Waals surface area contributed by atoms with Crippen LogP contribution in [-0.4, -0.2) is 14.9 Å². The number of aliphatic hydroxyl groups is 1. The van der Waals surface area contributed by atoms with Gasteiger partial charge in [-0.25, -0.2) is 0 Å². The van der Waals surface area contributed by atoms with Crippen molar-refractivity contribution in [2.24, 2.45) is 0 Å². The molecule has 0 aliphatic rings. The van der Waals surface area contributed by atoms with Crippen molar-refractivity contribution in [2.75, 3.05) is 0 Å². The van der Waals surface area contributed by atoms with E-state index in [0.29, 0.717) is 0 Å². The van der Waals surface area contributed by atoms with Gasteiger partial charge in [-0.2, -0.15) is 0 Å². The number of benzene rings is 1. The molecule has 0 radical (unpaired) electrons. The SMILES string of the molecule is C=Cc1ccc(C(C)(O)P(=O)(O)O)cc1. The Labute approximate surface area is 88.0 Å². The molecule has 1 aromatic rings. The average Bonchev–Trinajstić information content (AvgIpc) is 2.16. The van der Waals surface area contributed by atoms with Crippen LogP contribution in [0.5, 0.6) is 0 Å². The summed E-state index contributed by atoms with van der Waals surface area (Å²) in [6.07, 6.45) is 1.61. The van der Waals surface area contributed by atoms with E-state index in [1.165, 1.54) is 12.1 Å². The Kier molecular flexibility index (Phi) is 3.16. The quantitative estimate of drug-likeness (QED) is 0.687. The van der Waals surface area contributed by atoms with E-state index >= 15 is 0 Å². The molecule has 1 atom stereocenters. The first-order chi connectivity index (χ1) is 6.79. The molecule has 0 saturated heterocycles. The molecule has 1 rings (SSSR count). The van der Waals surface area contributed by atoms with Crippen molar-refractivity contribution in [3.63, 3.8) is 0 Å². The van der Waals surface area contributed by atoms with Crippen LogP contribution in [0.4, 0.5) is 0 Å². The Morgan fingerprint density at radius 3 is 2.13 bits per heavy atom. The Balaban J connectivity index is 3.17. The molecule has 82 valence electrons. The summed E-state index contributed by atoms with van der Waals surface area (Å²) in [5.41, 5.74) is 1.00. The highest BCUT2D eigenvalue weighted by Gasteiger charge is 2.41. The van der Waals surface area contributed by atoms with Gasteiger partial charge in [0.05, 0.1) is 0 Å². The van der Waals surface area contributed by atoms with Crippen LogP contribution < -0.4 is 0 Å². The minimum atomic E-state index is -4.58. The van der Waals surface area contributed by atoms with Gasteiger partial charge in [0.15, 0.2) is 5.34 Å².